The number of amides is 2. The number of halogens is 1. The van der Waals surface area contributed by atoms with Crippen LogP contribution in [0, 0.1) is 15.9 Å². The number of likely N-dealkylation sites (N-methyl/N-ethyl adjacent to an activating group) is 1. The molecule has 8 nitrogen and oxygen atoms in total. The molecule has 1 fully saturated rings. The Labute approximate surface area is 144 Å². The van der Waals surface area contributed by atoms with Gasteiger partial charge in [-0.15, -0.1) is 0 Å². The summed E-state index contributed by atoms with van der Waals surface area (Å²) in [6.45, 7) is 5.12. The summed E-state index contributed by atoms with van der Waals surface area (Å²) in [5.74, 6) is -1.24. The van der Waals surface area contributed by atoms with E-state index < -0.39 is 22.2 Å². The van der Waals surface area contributed by atoms with Gasteiger partial charge in [0.1, 0.15) is 5.82 Å². The number of piperazine rings is 1. The van der Waals surface area contributed by atoms with Crippen LogP contribution >= 0.6 is 0 Å². The second kappa shape index (κ2) is 7.14. The topological polar surface area (TPSA) is 95.8 Å². The summed E-state index contributed by atoms with van der Waals surface area (Å²) >= 11 is 0. The van der Waals surface area contributed by atoms with Crippen LogP contribution < -0.4 is 5.32 Å². The maximum absolute atomic E-state index is 13.7. The van der Waals surface area contributed by atoms with Crippen molar-refractivity contribution >= 4 is 23.2 Å². The third-order valence-corrected chi connectivity index (χ3v) is 4.41. The summed E-state index contributed by atoms with van der Waals surface area (Å²) in [6.07, 6.45) is 0.0442. The molecule has 0 aromatic heterocycles. The number of rotatable bonds is 5. The summed E-state index contributed by atoms with van der Waals surface area (Å²) < 4.78 is 13.7. The van der Waals surface area contributed by atoms with Gasteiger partial charge in [-0.25, -0.2) is 4.39 Å². The molecule has 0 bridgehead atoms. The van der Waals surface area contributed by atoms with Gasteiger partial charge in [0.15, 0.2) is 0 Å². The summed E-state index contributed by atoms with van der Waals surface area (Å²) in [4.78, 5) is 37.9. The fraction of sp³-hybridized carbons (Fsp3) is 0.500. The molecule has 1 aromatic rings. The van der Waals surface area contributed by atoms with Crippen molar-refractivity contribution in [2.75, 3.05) is 32.0 Å². The standard InChI is InChI=1S/C16H21FN4O4/c1-16(2)15(23)19(3)8-9-20(16)7-6-14(22)18-13-10-11(21(24)25)4-5-12(13)17/h4-5,10H,6-9H2,1-3H3,(H,18,22). The van der Waals surface area contributed by atoms with E-state index in [2.05, 4.69) is 5.32 Å². The number of nitro benzene ring substituents is 1. The van der Waals surface area contributed by atoms with Crippen molar-refractivity contribution in [3.63, 3.8) is 0 Å². The average molecular weight is 352 g/mol. The van der Waals surface area contributed by atoms with E-state index in [1.165, 1.54) is 0 Å². The van der Waals surface area contributed by atoms with Gasteiger partial charge in [-0.05, 0) is 19.9 Å². The molecule has 1 saturated heterocycles. The summed E-state index contributed by atoms with van der Waals surface area (Å²) in [7, 11) is 1.74. The van der Waals surface area contributed by atoms with Crippen LogP contribution in [0.3, 0.4) is 0 Å². The fourth-order valence-corrected chi connectivity index (χ4v) is 2.82. The predicted octanol–water partition coefficient (Wildman–Crippen LogP) is 1.62. The van der Waals surface area contributed by atoms with Crippen LogP contribution in [0.2, 0.25) is 0 Å². The molecule has 0 atom stereocenters. The predicted molar refractivity (Wildman–Crippen MR) is 89.6 cm³/mol. The van der Waals surface area contributed by atoms with E-state index in [-0.39, 0.29) is 23.7 Å². The molecule has 2 amide bonds. The van der Waals surface area contributed by atoms with Gasteiger partial charge in [0.2, 0.25) is 11.8 Å². The van der Waals surface area contributed by atoms with E-state index in [4.69, 9.17) is 0 Å². The van der Waals surface area contributed by atoms with Crippen molar-refractivity contribution in [3.8, 4) is 0 Å². The van der Waals surface area contributed by atoms with Crippen LogP contribution in [0.25, 0.3) is 0 Å². The van der Waals surface area contributed by atoms with E-state index >= 15 is 0 Å². The highest BCUT2D eigenvalue weighted by Crippen LogP contribution is 2.23. The minimum absolute atomic E-state index is 0.0242. The first-order valence-corrected chi connectivity index (χ1v) is 7.87. The molecule has 136 valence electrons. The second-order valence-corrected chi connectivity index (χ2v) is 6.49. The molecule has 0 unspecified atom stereocenters. The van der Waals surface area contributed by atoms with Gasteiger partial charge in [-0.3, -0.25) is 24.6 Å². The van der Waals surface area contributed by atoms with Gasteiger partial charge in [-0.1, -0.05) is 0 Å². The number of nitrogens with one attached hydrogen (secondary N) is 1. The zero-order chi connectivity index (χ0) is 18.8. The first kappa shape index (κ1) is 18.8. The van der Waals surface area contributed by atoms with Crippen molar-refractivity contribution in [2.24, 2.45) is 0 Å². The van der Waals surface area contributed by atoms with Crippen molar-refractivity contribution in [1.29, 1.82) is 0 Å². The van der Waals surface area contributed by atoms with Crippen LogP contribution in [0.4, 0.5) is 15.8 Å². The summed E-state index contributed by atoms with van der Waals surface area (Å²) in [5, 5.41) is 13.1. The second-order valence-electron chi connectivity index (χ2n) is 6.49. The van der Waals surface area contributed by atoms with Crippen molar-refractivity contribution in [2.45, 2.75) is 25.8 Å². The Kier molecular flexibility index (Phi) is 5.36. The lowest BCUT2D eigenvalue weighted by Gasteiger charge is -2.44. The molecule has 0 saturated carbocycles. The van der Waals surface area contributed by atoms with Gasteiger partial charge in [0.25, 0.3) is 5.69 Å². The Hall–Kier alpha value is -2.55. The molecule has 0 radical (unpaired) electrons. The van der Waals surface area contributed by atoms with Crippen LogP contribution in [0.5, 0.6) is 0 Å². The Morgan fingerprint density at radius 2 is 2.08 bits per heavy atom. The number of nitrogens with zero attached hydrogens (tertiary/aromatic N) is 3. The number of anilines is 1. The molecular formula is C16H21FN4O4. The highest BCUT2D eigenvalue weighted by atomic mass is 19.1. The highest BCUT2D eigenvalue weighted by Gasteiger charge is 2.40. The van der Waals surface area contributed by atoms with Crippen LogP contribution in [-0.4, -0.2) is 58.8 Å². The average Bonchev–Trinajstić information content (AvgIpc) is 2.54. The minimum Gasteiger partial charge on any atom is -0.343 e. The highest BCUT2D eigenvalue weighted by molar-refractivity contribution is 5.91. The number of hydrogen-bond acceptors (Lipinski definition) is 5. The van der Waals surface area contributed by atoms with Crippen LogP contribution in [-0.2, 0) is 9.59 Å². The largest absolute Gasteiger partial charge is 0.343 e. The molecule has 1 N–H and O–H groups in total. The van der Waals surface area contributed by atoms with E-state index in [0.29, 0.717) is 19.6 Å². The molecular weight excluding hydrogens is 331 g/mol. The Morgan fingerprint density at radius 1 is 1.40 bits per heavy atom. The molecule has 25 heavy (non-hydrogen) atoms. The molecule has 1 aliphatic heterocycles. The molecule has 1 heterocycles. The third kappa shape index (κ3) is 4.11. The number of hydrogen-bond donors (Lipinski definition) is 1. The number of carbonyl (C=O) groups excluding carboxylic acids is 2. The number of carbonyl (C=O) groups is 2. The van der Waals surface area contributed by atoms with E-state index in [1.54, 1.807) is 25.8 Å². The Bertz CT molecular complexity index is 707. The third-order valence-electron chi connectivity index (χ3n) is 4.41. The number of non-ortho nitro benzene ring substituents is 1. The maximum atomic E-state index is 13.7. The smallest absolute Gasteiger partial charge is 0.271 e. The Morgan fingerprint density at radius 3 is 2.72 bits per heavy atom. The van der Waals surface area contributed by atoms with Crippen LogP contribution in [0.15, 0.2) is 18.2 Å². The van der Waals surface area contributed by atoms with Crippen molar-refractivity contribution in [3.05, 3.63) is 34.1 Å². The van der Waals surface area contributed by atoms with E-state index in [0.717, 1.165) is 18.2 Å². The summed E-state index contributed by atoms with van der Waals surface area (Å²) in [5.41, 5.74) is -1.25. The molecule has 2 rings (SSSR count). The minimum atomic E-state index is -0.742. The van der Waals surface area contributed by atoms with Gasteiger partial charge in [-0.2, -0.15) is 0 Å². The first-order chi connectivity index (χ1) is 11.6. The maximum Gasteiger partial charge on any atom is 0.271 e. The monoisotopic (exact) mass is 352 g/mol. The normalized spacial score (nSPS) is 17.4. The van der Waals surface area contributed by atoms with Crippen LogP contribution in [0.1, 0.15) is 20.3 Å². The quantitative estimate of drug-likeness (QED) is 0.642. The zero-order valence-electron chi connectivity index (χ0n) is 14.4. The lowest BCUT2D eigenvalue weighted by Crippen LogP contribution is -2.62. The van der Waals surface area contributed by atoms with Crippen molar-refractivity contribution < 1.29 is 18.9 Å². The molecule has 1 aliphatic rings. The molecule has 0 spiro atoms. The van der Waals surface area contributed by atoms with Gasteiger partial charge in [0, 0.05) is 45.2 Å². The molecule has 1 aromatic carbocycles. The first-order valence-electron chi connectivity index (χ1n) is 7.87. The van der Waals surface area contributed by atoms with Gasteiger partial charge >= 0.3 is 0 Å². The SMILES string of the molecule is CN1CCN(CCC(=O)Nc2cc([N+](=O)[O-])ccc2F)C(C)(C)C1=O. The van der Waals surface area contributed by atoms with Crippen molar-refractivity contribution in [1.82, 2.24) is 9.80 Å². The molecule has 9 heteroatoms. The lowest BCUT2D eigenvalue weighted by molar-refractivity contribution is -0.384. The Balaban J connectivity index is 1.98. The van der Waals surface area contributed by atoms with Gasteiger partial charge < -0.3 is 10.2 Å². The summed E-state index contributed by atoms with van der Waals surface area (Å²) in [6, 6.07) is 2.95. The van der Waals surface area contributed by atoms with E-state index in [1.807, 2.05) is 4.90 Å². The number of benzene rings is 1. The number of nitro groups is 1. The fourth-order valence-electron chi connectivity index (χ4n) is 2.82. The van der Waals surface area contributed by atoms with Gasteiger partial charge in [0.05, 0.1) is 16.1 Å². The lowest BCUT2D eigenvalue weighted by atomic mass is 9.97. The molecule has 0 aliphatic carbocycles. The zero-order valence-corrected chi connectivity index (χ0v) is 14.4. The van der Waals surface area contributed by atoms with E-state index in [9.17, 15) is 24.1 Å².